The number of hydrogen-bond acceptors (Lipinski definition) is 5. The zero-order chi connectivity index (χ0) is 13.4. The first-order chi connectivity index (χ1) is 9.13. The maximum Gasteiger partial charge on any atom is 0.255 e. The topological polar surface area (TPSA) is 78.3 Å². The van der Waals surface area contributed by atoms with Gasteiger partial charge in [-0.1, -0.05) is 6.07 Å². The first-order valence-electron chi connectivity index (χ1n) is 5.85. The Morgan fingerprint density at radius 2 is 2.05 bits per heavy atom. The van der Waals surface area contributed by atoms with E-state index in [1.807, 2.05) is 32.0 Å². The molecule has 0 bridgehead atoms. The number of nitrogens with zero attached hydrogens (tertiary/aromatic N) is 4. The second kappa shape index (κ2) is 4.24. The number of aromatic nitrogens is 4. The number of benzene rings is 1. The van der Waals surface area contributed by atoms with Gasteiger partial charge < -0.3 is 10.5 Å². The Kier molecular flexibility index (Phi) is 2.56. The summed E-state index contributed by atoms with van der Waals surface area (Å²) in [4.78, 5) is 8.30. The van der Waals surface area contributed by atoms with E-state index in [0.717, 1.165) is 11.3 Å². The van der Waals surface area contributed by atoms with Crippen molar-refractivity contribution in [3.8, 4) is 11.6 Å². The molecule has 6 heteroatoms. The van der Waals surface area contributed by atoms with E-state index >= 15 is 0 Å². The summed E-state index contributed by atoms with van der Waals surface area (Å²) in [5.74, 6) is 1.63. The quantitative estimate of drug-likeness (QED) is 0.709. The zero-order valence-corrected chi connectivity index (χ0v) is 10.7. The second-order valence-electron chi connectivity index (χ2n) is 4.35. The number of nitrogens with two attached hydrogens (primary N) is 1. The highest BCUT2D eigenvalue weighted by molar-refractivity contribution is 5.55. The predicted octanol–water partition coefficient (Wildman–Crippen LogP) is 2.12. The maximum absolute atomic E-state index is 5.94. The van der Waals surface area contributed by atoms with Crippen molar-refractivity contribution < 1.29 is 4.74 Å². The first-order valence-corrected chi connectivity index (χ1v) is 5.85. The Balaban J connectivity index is 2.07. The van der Waals surface area contributed by atoms with Crippen LogP contribution >= 0.6 is 0 Å². The van der Waals surface area contributed by atoms with Gasteiger partial charge in [0.1, 0.15) is 6.33 Å². The van der Waals surface area contributed by atoms with Gasteiger partial charge in [0, 0.05) is 11.8 Å². The molecular weight excluding hydrogens is 242 g/mol. The number of nitrogen functional groups attached to an aromatic ring is 1. The Hall–Kier alpha value is -2.63. The Morgan fingerprint density at radius 1 is 1.21 bits per heavy atom. The van der Waals surface area contributed by atoms with Crippen molar-refractivity contribution in [2.45, 2.75) is 13.8 Å². The van der Waals surface area contributed by atoms with E-state index in [-0.39, 0.29) is 0 Å². The smallest absolute Gasteiger partial charge is 0.255 e. The highest BCUT2D eigenvalue weighted by Crippen LogP contribution is 2.28. The molecule has 1 aromatic carbocycles. The number of anilines is 1. The van der Waals surface area contributed by atoms with Crippen LogP contribution in [0.15, 0.2) is 30.6 Å². The molecule has 2 aromatic heterocycles. The third kappa shape index (κ3) is 2.08. The lowest BCUT2D eigenvalue weighted by molar-refractivity contribution is 0.447. The largest absolute Gasteiger partial charge is 0.437 e. The Bertz CT molecular complexity index is 750. The van der Waals surface area contributed by atoms with E-state index < -0.39 is 0 Å². The van der Waals surface area contributed by atoms with Gasteiger partial charge in [-0.05, 0) is 31.5 Å². The van der Waals surface area contributed by atoms with Crippen LogP contribution < -0.4 is 10.5 Å². The molecule has 0 saturated heterocycles. The van der Waals surface area contributed by atoms with E-state index in [4.69, 9.17) is 10.5 Å². The van der Waals surface area contributed by atoms with Gasteiger partial charge in [0.25, 0.3) is 5.78 Å². The summed E-state index contributed by atoms with van der Waals surface area (Å²) in [6.07, 6.45) is 1.44. The minimum Gasteiger partial charge on any atom is -0.437 e. The highest BCUT2D eigenvalue weighted by Gasteiger charge is 2.09. The van der Waals surface area contributed by atoms with Gasteiger partial charge in [0.2, 0.25) is 5.88 Å². The Labute approximate surface area is 109 Å². The van der Waals surface area contributed by atoms with Crippen LogP contribution in [0.4, 0.5) is 5.69 Å². The van der Waals surface area contributed by atoms with E-state index in [1.54, 1.807) is 6.07 Å². The van der Waals surface area contributed by atoms with Crippen molar-refractivity contribution in [1.29, 1.82) is 0 Å². The lowest BCUT2D eigenvalue weighted by atomic mass is 10.2. The van der Waals surface area contributed by atoms with Gasteiger partial charge in [0.15, 0.2) is 5.75 Å². The molecule has 3 aromatic rings. The molecule has 0 aliphatic carbocycles. The molecule has 0 saturated carbocycles. The fraction of sp³-hybridized carbons (Fsp3) is 0.154. The molecule has 0 aliphatic rings. The molecule has 2 N–H and O–H groups in total. The lowest BCUT2D eigenvalue weighted by Gasteiger charge is -2.10. The maximum atomic E-state index is 5.94. The van der Waals surface area contributed by atoms with Crippen molar-refractivity contribution in [2.75, 3.05) is 5.73 Å². The normalized spacial score (nSPS) is 10.8. The molecule has 0 aliphatic heterocycles. The van der Waals surface area contributed by atoms with Gasteiger partial charge in [-0.15, -0.1) is 0 Å². The third-order valence-electron chi connectivity index (χ3n) is 2.73. The third-order valence-corrected chi connectivity index (χ3v) is 2.73. The standard InChI is InChI=1S/C13H13N5O/c1-8-3-4-11(10(14)5-8)19-12-6-9(2)17-13-15-7-16-18(12)13/h3-7H,14H2,1-2H3. The summed E-state index contributed by atoms with van der Waals surface area (Å²) in [7, 11) is 0. The molecule has 2 heterocycles. The highest BCUT2D eigenvalue weighted by atomic mass is 16.5. The fourth-order valence-corrected chi connectivity index (χ4v) is 1.84. The molecule has 3 rings (SSSR count). The summed E-state index contributed by atoms with van der Waals surface area (Å²) in [6, 6.07) is 7.43. The van der Waals surface area contributed by atoms with Crippen molar-refractivity contribution in [3.63, 3.8) is 0 Å². The molecule has 96 valence electrons. The summed E-state index contributed by atoms with van der Waals surface area (Å²) in [5, 5.41) is 4.08. The second-order valence-corrected chi connectivity index (χ2v) is 4.35. The summed E-state index contributed by atoms with van der Waals surface area (Å²) in [5.41, 5.74) is 8.42. The van der Waals surface area contributed by atoms with Gasteiger partial charge in [-0.25, -0.2) is 4.98 Å². The molecule has 0 fully saturated rings. The van der Waals surface area contributed by atoms with Crippen LogP contribution in [-0.4, -0.2) is 19.6 Å². The molecule has 0 amide bonds. The number of fused-ring (bicyclic) bond motifs is 1. The van der Waals surface area contributed by atoms with Crippen LogP contribution in [0.5, 0.6) is 11.6 Å². The van der Waals surface area contributed by atoms with E-state index in [9.17, 15) is 0 Å². The number of aryl methyl sites for hydroxylation is 2. The summed E-state index contributed by atoms with van der Waals surface area (Å²) >= 11 is 0. The molecule has 0 unspecified atom stereocenters. The molecule has 19 heavy (non-hydrogen) atoms. The molecule has 0 radical (unpaired) electrons. The van der Waals surface area contributed by atoms with Crippen LogP contribution in [0, 0.1) is 13.8 Å². The van der Waals surface area contributed by atoms with Gasteiger partial charge in [0.05, 0.1) is 5.69 Å². The van der Waals surface area contributed by atoms with Crippen molar-refractivity contribution in [3.05, 3.63) is 41.9 Å². The van der Waals surface area contributed by atoms with Gasteiger partial charge in [-0.3, -0.25) is 0 Å². The van der Waals surface area contributed by atoms with Crippen LogP contribution in [0.2, 0.25) is 0 Å². The number of ether oxygens (including phenoxy) is 1. The SMILES string of the molecule is Cc1ccc(Oc2cc(C)nc3ncnn23)c(N)c1. The molecule has 6 nitrogen and oxygen atoms in total. The van der Waals surface area contributed by atoms with Gasteiger partial charge >= 0.3 is 0 Å². The van der Waals surface area contributed by atoms with E-state index in [2.05, 4.69) is 15.1 Å². The molecule has 0 spiro atoms. The van der Waals surface area contributed by atoms with Crippen LogP contribution in [0.25, 0.3) is 5.78 Å². The average molecular weight is 255 g/mol. The van der Waals surface area contributed by atoms with Crippen molar-refractivity contribution in [2.24, 2.45) is 0 Å². The minimum atomic E-state index is 0.501. The first kappa shape index (κ1) is 11.5. The Morgan fingerprint density at radius 3 is 2.84 bits per heavy atom. The monoisotopic (exact) mass is 255 g/mol. The van der Waals surface area contributed by atoms with Crippen LogP contribution in [-0.2, 0) is 0 Å². The van der Waals surface area contributed by atoms with E-state index in [0.29, 0.717) is 23.1 Å². The van der Waals surface area contributed by atoms with Crippen LogP contribution in [0.1, 0.15) is 11.3 Å². The number of rotatable bonds is 2. The minimum absolute atomic E-state index is 0.501. The summed E-state index contributed by atoms with van der Waals surface area (Å²) < 4.78 is 7.35. The lowest BCUT2D eigenvalue weighted by Crippen LogP contribution is -2.00. The molecule has 0 atom stereocenters. The number of hydrogen-bond donors (Lipinski definition) is 1. The zero-order valence-electron chi connectivity index (χ0n) is 10.7. The average Bonchev–Trinajstić information content (AvgIpc) is 2.80. The molecular formula is C13H13N5O. The summed E-state index contributed by atoms with van der Waals surface area (Å²) in [6.45, 7) is 3.85. The van der Waals surface area contributed by atoms with Crippen LogP contribution in [0.3, 0.4) is 0 Å². The van der Waals surface area contributed by atoms with Gasteiger partial charge in [-0.2, -0.15) is 14.6 Å². The van der Waals surface area contributed by atoms with Crippen molar-refractivity contribution in [1.82, 2.24) is 19.6 Å². The van der Waals surface area contributed by atoms with Crippen molar-refractivity contribution >= 4 is 11.5 Å². The van der Waals surface area contributed by atoms with E-state index in [1.165, 1.54) is 10.8 Å². The fourth-order valence-electron chi connectivity index (χ4n) is 1.84. The predicted molar refractivity (Wildman–Crippen MR) is 71.2 cm³/mol.